The molecule has 14 nitrogen and oxygen atoms in total. The van der Waals surface area contributed by atoms with E-state index in [2.05, 4.69) is 25.4 Å². The average Bonchev–Trinajstić information content (AvgIpc) is 4.11. The molecule has 0 unspecified atom stereocenters. The van der Waals surface area contributed by atoms with Gasteiger partial charge in [-0.25, -0.2) is 22.3 Å². The van der Waals surface area contributed by atoms with Crippen LogP contribution in [0.2, 0.25) is 0 Å². The van der Waals surface area contributed by atoms with Gasteiger partial charge in [0, 0.05) is 36.2 Å². The second-order valence-electron chi connectivity index (χ2n) is 13.4. The van der Waals surface area contributed by atoms with Gasteiger partial charge in [-0.15, -0.1) is 0 Å². The first kappa shape index (κ1) is 38.8. The molecule has 2 aliphatic rings. The molecule has 0 saturated heterocycles. The van der Waals surface area contributed by atoms with E-state index < -0.39 is 68.9 Å². The van der Waals surface area contributed by atoms with Crippen molar-refractivity contribution in [1.82, 2.24) is 20.7 Å². The van der Waals surface area contributed by atoms with Crippen molar-refractivity contribution in [3.63, 3.8) is 0 Å². The molecular formula is C39H39FN4O10S. The maximum atomic E-state index is 13.7. The number of hydrogen-bond acceptors (Lipinski definition) is 10. The van der Waals surface area contributed by atoms with Crippen molar-refractivity contribution in [2.24, 2.45) is 0 Å². The number of aliphatic hydroxyl groups excluding tert-OH is 1. The maximum Gasteiger partial charge on any atom is 0.379 e. The summed E-state index contributed by atoms with van der Waals surface area (Å²) in [4.78, 5) is 62.6. The van der Waals surface area contributed by atoms with Crippen molar-refractivity contribution < 1.29 is 51.0 Å². The Balaban J connectivity index is 1.09. The van der Waals surface area contributed by atoms with Crippen LogP contribution in [0.3, 0.4) is 0 Å². The quantitative estimate of drug-likeness (QED) is 0.0480. The first-order valence-electron chi connectivity index (χ1n) is 17.6. The zero-order chi connectivity index (χ0) is 39.5. The standard InChI is InChI=1S/C39H39FN4O10S/c1-3-53-37(49)31(46)18-30(45)25-6-4-5-22(15-25)19-42-38(50)39(13-14-39)44-33(47)20-43-55(51,52)21-26-16-32-29(17-28(26)23-7-8-23)34(36(48)41-2)35(54-32)24-9-11-27(40)12-10-24/h4-6,9-12,15-18,23,43,45H,3,7-8,13-14,19-21H2,1-2H3,(H,41,48)(H,42,50)(H,44,47). The third-order valence-electron chi connectivity index (χ3n) is 9.31. The summed E-state index contributed by atoms with van der Waals surface area (Å²) >= 11 is 0. The van der Waals surface area contributed by atoms with Gasteiger partial charge in [-0.2, -0.15) is 0 Å². The first-order chi connectivity index (χ1) is 26.2. The van der Waals surface area contributed by atoms with E-state index in [0.29, 0.717) is 34.9 Å². The topological polar surface area (TPSA) is 210 Å². The lowest BCUT2D eigenvalue weighted by Gasteiger charge is -2.18. The maximum absolute atomic E-state index is 13.7. The summed E-state index contributed by atoms with van der Waals surface area (Å²) in [5, 5.41) is 18.8. The lowest BCUT2D eigenvalue weighted by atomic mass is 9.98. The predicted molar refractivity (Wildman–Crippen MR) is 198 cm³/mol. The van der Waals surface area contributed by atoms with Crippen LogP contribution in [0.15, 0.2) is 71.2 Å². The van der Waals surface area contributed by atoms with Gasteiger partial charge < -0.3 is 30.2 Å². The number of carbonyl (C=O) groups is 5. The average molecular weight is 775 g/mol. The molecule has 2 aliphatic carbocycles. The van der Waals surface area contributed by atoms with E-state index in [-0.39, 0.29) is 41.5 Å². The van der Waals surface area contributed by atoms with Gasteiger partial charge >= 0.3 is 5.97 Å². The third kappa shape index (κ3) is 9.09. The molecule has 3 aromatic carbocycles. The second kappa shape index (κ2) is 15.8. The Kier molecular flexibility index (Phi) is 11.2. The van der Waals surface area contributed by atoms with Gasteiger partial charge in [0.1, 0.15) is 28.5 Å². The Morgan fingerprint density at radius 3 is 2.42 bits per heavy atom. The van der Waals surface area contributed by atoms with Crippen LogP contribution in [0.25, 0.3) is 28.1 Å². The van der Waals surface area contributed by atoms with Crippen molar-refractivity contribution >= 4 is 56.2 Å². The minimum absolute atomic E-state index is 0.00438. The summed E-state index contributed by atoms with van der Waals surface area (Å²) in [5.41, 5.74) is 1.74. The molecule has 288 valence electrons. The molecule has 2 saturated carbocycles. The summed E-state index contributed by atoms with van der Waals surface area (Å²) in [5.74, 6) is -4.83. The monoisotopic (exact) mass is 774 g/mol. The van der Waals surface area contributed by atoms with Crippen LogP contribution in [-0.2, 0) is 46.2 Å². The predicted octanol–water partition coefficient (Wildman–Crippen LogP) is 3.89. The molecule has 0 spiro atoms. The molecule has 0 bridgehead atoms. The molecule has 0 radical (unpaired) electrons. The Morgan fingerprint density at radius 2 is 1.76 bits per heavy atom. The van der Waals surface area contributed by atoms with Crippen molar-refractivity contribution in [2.45, 2.75) is 56.4 Å². The van der Waals surface area contributed by atoms with Gasteiger partial charge in [0.15, 0.2) is 0 Å². The van der Waals surface area contributed by atoms with Crippen molar-refractivity contribution in [3.8, 4) is 11.3 Å². The highest BCUT2D eigenvalue weighted by Crippen LogP contribution is 2.45. The lowest BCUT2D eigenvalue weighted by molar-refractivity contribution is -0.151. The number of sulfonamides is 1. The largest absolute Gasteiger partial charge is 0.507 e. The molecule has 3 amide bonds. The number of nitrogens with one attached hydrogen (secondary N) is 4. The minimum atomic E-state index is -4.08. The Labute approximate surface area is 315 Å². The van der Waals surface area contributed by atoms with Gasteiger partial charge in [-0.1, -0.05) is 18.2 Å². The van der Waals surface area contributed by atoms with E-state index in [1.807, 2.05) is 0 Å². The molecule has 55 heavy (non-hydrogen) atoms. The molecule has 16 heteroatoms. The number of fused-ring (bicyclic) bond motifs is 1. The van der Waals surface area contributed by atoms with E-state index >= 15 is 0 Å². The lowest BCUT2D eigenvalue weighted by Crippen LogP contribution is -2.51. The normalized spacial score (nSPS) is 14.9. The SMILES string of the molecule is CCOC(=O)C(=O)C=C(O)c1cccc(CNC(=O)C2(NC(=O)CNS(=O)(=O)Cc3cc4oc(-c5ccc(F)cc5)c(C(=O)NC)c4cc3C3CC3)CC2)c1. The van der Waals surface area contributed by atoms with Crippen molar-refractivity contribution in [2.75, 3.05) is 20.2 Å². The van der Waals surface area contributed by atoms with Crippen LogP contribution in [0, 0.1) is 5.82 Å². The van der Waals surface area contributed by atoms with Crippen LogP contribution >= 0.6 is 0 Å². The number of ketones is 1. The van der Waals surface area contributed by atoms with Crippen molar-refractivity contribution in [1.29, 1.82) is 0 Å². The fourth-order valence-corrected chi connectivity index (χ4v) is 7.31. The summed E-state index contributed by atoms with van der Waals surface area (Å²) in [6, 6.07) is 15.1. The number of benzene rings is 3. The zero-order valence-corrected chi connectivity index (χ0v) is 30.8. The van der Waals surface area contributed by atoms with Gasteiger partial charge in [0.05, 0.1) is 24.5 Å². The summed E-state index contributed by atoms with van der Waals surface area (Å²) in [7, 11) is -2.60. The fraction of sp³-hybridized carbons (Fsp3) is 0.308. The molecule has 6 rings (SSSR count). The number of amides is 3. The molecule has 2 fully saturated rings. The van der Waals surface area contributed by atoms with Crippen LogP contribution in [-0.4, -0.2) is 68.7 Å². The highest BCUT2D eigenvalue weighted by atomic mass is 32.2. The van der Waals surface area contributed by atoms with Crippen LogP contribution < -0.4 is 20.7 Å². The van der Waals surface area contributed by atoms with Gasteiger partial charge in [0.2, 0.25) is 21.8 Å². The van der Waals surface area contributed by atoms with Crippen LogP contribution in [0.1, 0.15) is 71.1 Å². The highest BCUT2D eigenvalue weighted by Gasteiger charge is 2.51. The smallest absolute Gasteiger partial charge is 0.379 e. The van der Waals surface area contributed by atoms with Gasteiger partial charge in [-0.05, 0) is 97.7 Å². The Bertz CT molecular complexity index is 2330. The molecule has 5 N–H and O–H groups in total. The van der Waals surface area contributed by atoms with E-state index in [0.717, 1.165) is 24.5 Å². The Morgan fingerprint density at radius 1 is 1.04 bits per heavy atom. The zero-order valence-electron chi connectivity index (χ0n) is 30.0. The van der Waals surface area contributed by atoms with Gasteiger partial charge in [-0.3, -0.25) is 19.2 Å². The summed E-state index contributed by atoms with van der Waals surface area (Å²) < 4.78 is 53.4. The molecule has 0 atom stereocenters. The number of aliphatic hydroxyl groups is 1. The number of rotatable bonds is 16. The Hall–Kier alpha value is -5.87. The molecule has 1 heterocycles. The summed E-state index contributed by atoms with van der Waals surface area (Å²) in [6.45, 7) is 0.940. The third-order valence-corrected chi connectivity index (χ3v) is 10.6. The molecule has 0 aliphatic heterocycles. The summed E-state index contributed by atoms with van der Waals surface area (Å²) in [6.07, 6.45) is 3.09. The number of esters is 1. The number of carbonyl (C=O) groups excluding carboxylic acids is 5. The van der Waals surface area contributed by atoms with E-state index in [1.165, 1.54) is 43.4 Å². The first-order valence-corrected chi connectivity index (χ1v) is 19.2. The van der Waals surface area contributed by atoms with Crippen LogP contribution in [0.5, 0.6) is 0 Å². The van der Waals surface area contributed by atoms with E-state index in [4.69, 9.17) is 4.42 Å². The molecule has 4 aromatic rings. The number of hydrogen-bond donors (Lipinski definition) is 5. The number of ether oxygens (including phenoxy) is 1. The fourth-order valence-electron chi connectivity index (χ4n) is 6.19. The molecule has 1 aromatic heterocycles. The van der Waals surface area contributed by atoms with E-state index in [9.17, 15) is 41.9 Å². The van der Waals surface area contributed by atoms with Gasteiger partial charge in [0.25, 0.3) is 11.7 Å². The number of furan rings is 1. The second-order valence-corrected chi connectivity index (χ2v) is 15.2. The molecular weight excluding hydrogens is 736 g/mol. The van der Waals surface area contributed by atoms with E-state index in [1.54, 1.807) is 31.2 Å². The van der Waals surface area contributed by atoms with Crippen molar-refractivity contribution in [3.05, 3.63) is 100 Å². The minimum Gasteiger partial charge on any atom is -0.507 e. The number of halogens is 1. The van der Waals surface area contributed by atoms with Crippen LogP contribution in [0.4, 0.5) is 4.39 Å². The highest BCUT2D eigenvalue weighted by molar-refractivity contribution is 7.88.